The first-order valence-corrected chi connectivity index (χ1v) is 9.35. The molecule has 2 rings (SSSR count). The Kier molecular flexibility index (Phi) is 6.20. The van der Waals surface area contributed by atoms with Gasteiger partial charge >= 0.3 is 0 Å². The molecule has 0 aliphatic carbocycles. The third-order valence-corrected chi connectivity index (χ3v) is 5.89. The first-order chi connectivity index (χ1) is 11.3. The molecule has 0 aromatic heterocycles. The minimum Gasteiger partial charge on any atom is -0.484 e. The van der Waals surface area contributed by atoms with Crippen LogP contribution < -0.4 is 4.74 Å². The molecule has 24 heavy (non-hydrogen) atoms. The molecule has 1 aliphatic rings. The molecule has 0 saturated carbocycles. The molecule has 0 radical (unpaired) electrons. The van der Waals surface area contributed by atoms with Crippen molar-refractivity contribution in [2.75, 3.05) is 46.9 Å². The average molecular weight is 355 g/mol. The van der Waals surface area contributed by atoms with Gasteiger partial charge in [0.25, 0.3) is 16.1 Å². The van der Waals surface area contributed by atoms with Crippen LogP contribution in [-0.2, 0) is 15.0 Å². The van der Waals surface area contributed by atoms with E-state index in [1.165, 1.54) is 22.7 Å². The van der Waals surface area contributed by atoms with Crippen LogP contribution in [0, 0.1) is 6.92 Å². The van der Waals surface area contributed by atoms with Crippen LogP contribution in [0.15, 0.2) is 24.3 Å². The Morgan fingerprint density at radius 3 is 2.62 bits per heavy atom. The fourth-order valence-corrected chi connectivity index (χ4v) is 3.68. The van der Waals surface area contributed by atoms with Crippen LogP contribution in [0.1, 0.15) is 12.0 Å². The van der Waals surface area contributed by atoms with E-state index < -0.39 is 10.2 Å². The predicted octanol–water partition coefficient (Wildman–Crippen LogP) is 0.715. The SMILES string of the molecule is Cc1cccc(OCC(=O)N2CCCN(S(=O)(=O)N(C)C)CC2)c1. The second-order valence-electron chi connectivity index (χ2n) is 6.03. The lowest BCUT2D eigenvalue weighted by atomic mass is 10.2. The normalized spacial score (nSPS) is 16.9. The van der Waals surface area contributed by atoms with E-state index in [9.17, 15) is 13.2 Å². The molecule has 134 valence electrons. The number of hydrogen-bond acceptors (Lipinski definition) is 4. The zero-order chi connectivity index (χ0) is 17.7. The summed E-state index contributed by atoms with van der Waals surface area (Å²) in [5.74, 6) is 0.538. The standard InChI is InChI=1S/C16H25N3O4S/c1-14-6-4-7-15(12-14)23-13-16(20)18-8-5-9-19(11-10-18)24(21,22)17(2)3/h4,6-7,12H,5,8-11,13H2,1-3H3. The molecular formula is C16H25N3O4S. The summed E-state index contributed by atoms with van der Waals surface area (Å²) in [5, 5.41) is 0. The van der Waals surface area contributed by atoms with Gasteiger partial charge in [-0.25, -0.2) is 0 Å². The zero-order valence-electron chi connectivity index (χ0n) is 14.4. The van der Waals surface area contributed by atoms with Crippen molar-refractivity contribution in [3.8, 4) is 5.75 Å². The highest BCUT2D eigenvalue weighted by Crippen LogP contribution is 2.13. The minimum absolute atomic E-state index is 0.0378. The molecule has 1 amide bonds. The highest BCUT2D eigenvalue weighted by atomic mass is 32.2. The maximum atomic E-state index is 12.3. The molecule has 1 aliphatic heterocycles. The van der Waals surface area contributed by atoms with Gasteiger partial charge in [-0.2, -0.15) is 17.0 Å². The van der Waals surface area contributed by atoms with E-state index in [1.807, 2.05) is 31.2 Å². The van der Waals surface area contributed by atoms with Crippen LogP contribution in [0.3, 0.4) is 0 Å². The fourth-order valence-electron chi connectivity index (χ4n) is 2.55. The van der Waals surface area contributed by atoms with Crippen molar-refractivity contribution in [2.24, 2.45) is 0 Å². The molecule has 0 unspecified atom stereocenters. The molecular weight excluding hydrogens is 330 g/mol. The highest BCUT2D eigenvalue weighted by Gasteiger charge is 2.28. The van der Waals surface area contributed by atoms with Gasteiger partial charge in [0, 0.05) is 40.3 Å². The minimum atomic E-state index is -3.43. The molecule has 0 spiro atoms. The third-order valence-electron chi connectivity index (χ3n) is 3.95. The Balaban J connectivity index is 1.90. The maximum absolute atomic E-state index is 12.3. The van der Waals surface area contributed by atoms with Crippen molar-refractivity contribution in [3.05, 3.63) is 29.8 Å². The van der Waals surface area contributed by atoms with Gasteiger partial charge in [-0.05, 0) is 31.0 Å². The van der Waals surface area contributed by atoms with Gasteiger partial charge in [-0.1, -0.05) is 12.1 Å². The first-order valence-electron chi connectivity index (χ1n) is 7.95. The van der Waals surface area contributed by atoms with Crippen molar-refractivity contribution in [1.29, 1.82) is 0 Å². The van der Waals surface area contributed by atoms with E-state index in [0.29, 0.717) is 38.3 Å². The maximum Gasteiger partial charge on any atom is 0.281 e. The van der Waals surface area contributed by atoms with E-state index in [4.69, 9.17) is 4.74 Å². The second-order valence-corrected chi connectivity index (χ2v) is 8.17. The van der Waals surface area contributed by atoms with Crippen LogP contribution in [0.4, 0.5) is 0 Å². The van der Waals surface area contributed by atoms with Crippen LogP contribution in [0.5, 0.6) is 5.75 Å². The number of carbonyl (C=O) groups excluding carboxylic acids is 1. The van der Waals surface area contributed by atoms with Gasteiger partial charge in [0.2, 0.25) is 0 Å². The van der Waals surface area contributed by atoms with E-state index in [2.05, 4.69) is 0 Å². The van der Waals surface area contributed by atoms with Gasteiger partial charge in [0.15, 0.2) is 6.61 Å². The van der Waals surface area contributed by atoms with Crippen molar-refractivity contribution in [2.45, 2.75) is 13.3 Å². The number of nitrogens with zero attached hydrogens (tertiary/aromatic N) is 3. The lowest BCUT2D eigenvalue weighted by Gasteiger charge is -2.24. The average Bonchev–Trinajstić information content (AvgIpc) is 2.79. The van der Waals surface area contributed by atoms with Crippen molar-refractivity contribution in [3.63, 3.8) is 0 Å². The number of aryl methyl sites for hydroxylation is 1. The first kappa shape index (κ1) is 18.7. The molecule has 1 saturated heterocycles. The third kappa shape index (κ3) is 4.68. The van der Waals surface area contributed by atoms with Crippen LogP contribution in [0.25, 0.3) is 0 Å². The largest absolute Gasteiger partial charge is 0.484 e. The van der Waals surface area contributed by atoms with Gasteiger partial charge < -0.3 is 9.64 Å². The molecule has 1 fully saturated rings. The number of carbonyl (C=O) groups is 1. The molecule has 1 aromatic carbocycles. The van der Waals surface area contributed by atoms with Gasteiger partial charge in [-0.15, -0.1) is 0 Å². The van der Waals surface area contributed by atoms with E-state index in [-0.39, 0.29) is 12.5 Å². The Morgan fingerprint density at radius 1 is 1.21 bits per heavy atom. The molecule has 7 nitrogen and oxygen atoms in total. The molecule has 8 heteroatoms. The molecule has 1 heterocycles. The highest BCUT2D eigenvalue weighted by molar-refractivity contribution is 7.86. The predicted molar refractivity (Wildman–Crippen MR) is 92.1 cm³/mol. The number of amides is 1. The van der Waals surface area contributed by atoms with Crippen molar-refractivity contribution >= 4 is 16.1 Å². The monoisotopic (exact) mass is 355 g/mol. The number of rotatable bonds is 5. The smallest absolute Gasteiger partial charge is 0.281 e. The quantitative estimate of drug-likeness (QED) is 0.780. The van der Waals surface area contributed by atoms with Crippen molar-refractivity contribution < 1.29 is 17.9 Å². The van der Waals surface area contributed by atoms with E-state index in [0.717, 1.165) is 5.56 Å². The van der Waals surface area contributed by atoms with Crippen LogP contribution in [-0.4, -0.2) is 74.7 Å². The lowest BCUT2D eigenvalue weighted by molar-refractivity contribution is -0.133. The van der Waals surface area contributed by atoms with Crippen LogP contribution in [0.2, 0.25) is 0 Å². The zero-order valence-corrected chi connectivity index (χ0v) is 15.3. The van der Waals surface area contributed by atoms with Crippen LogP contribution >= 0.6 is 0 Å². The Morgan fingerprint density at radius 2 is 1.96 bits per heavy atom. The van der Waals surface area contributed by atoms with Crippen molar-refractivity contribution in [1.82, 2.24) is 13.5 Å². The molecule has 0 bridgehead atoms. The summed E-state index contributed by atoms with van der Waals surface area (Å²) in [5.41, 5.74) is 1.07. The lowest BCUT2D eigenvalue weighted by Crippen LogP contribution is -2.43. The number of benzene rings is 1. The van der Waals surface area contributed by atoms with Gasteiger partial charge in [0.1, 0.15) is 5.75 Å². The number of ether oxygens (including phenoxy) is 1. The topological polar surface area (TPSA) is 70.2 Å². The Labute approximate surface area is 144 Å². The Bertz CT molecular complexity index is 676. The molecule has 1 aromatic rings. The molecule has 0 N–H and O–H groups in total. The second kappa shape index (κ2) is 7.96. The fraction of sp³-hybridized carbons (Fsp3) is 0.562. The summed E-state index contributed by atoms with van der Waals surface area (Å²) >= 11 is 0. The summed E-state index contributed by atoms with van der Waals surface area (Å²) in [7, 11) is -0.410. The van der Waals surface area contributed by atoms with E-state index in [1.54, 1.807) is 4.90 Å². The summed E-state index contributed by atoms with van der Waals surface area (Å²) < 4.78 is 32.5. The van der Waals surface area contributed by atoms with Gasteiger partial charge in [0.05, 0.1) is 0 Å². The summed E-state index contributed by atoms with van der Waals surface area (Å²) in [6.07, 6.45) is 0.614. The number of hydrogen-bond donors (Lipinski definition) is 0. The molecule has 0 atom stereocenters. The summed E-state index contributed by atoms with van der Waals surface area (Å²) in [6, 6.07) is 7.53. The van der Waals surface area contributed by atoms with Gasteiger partial charge in [-0.3, -0.25) is 4.79 Å². The Hall–Kier alpha value is -1.64. The van der Waals surface area contributed by atoms with E-state index >= 15 is 0 Å². The summed E-state index contributed by atoms with van der Waals surface area (Å²) in [4.78, 5) is 14.0. The summed E-state index contributed by atoms with van der Waals surface area (Å²) in [6.45, 7) is 3.56.